The maximum absolute atomic E-state index is 13.1. The lowest BCUT2D eigenvalue weighted by Crippen LogP contribution is -2.37. The van der Waals surface area contributed by atoms with Crippen molar-refractivity contribution in [1.29, 1.82) is 0 Å². The second-order valence-corrected chi connectivity index (χ2v) is 7.70. The van der Waals surface area contributed by atoms with Gasteiger partial charge in [0.2, 0.25) is 5.91 Å². The molecular formula is C25H22N2O2. The molecule has 3 aromatic carbocycles. The Balaban J connectivity index is 1.51. The van der Waals surface area contributed by atoms with Gasteiger partial charge in [-0.25, -0.2) is 0 Å². The molecule has 5 rings (SSSR count). The van der Waals surface area contributed by atoms with Gasteiger partial charge < -0.3 is 9.64 Å². The molecule has 2 heterocycles. The zero-order chi connectivity index (χ0) is 19.8. The molecule has 29 heavy (non-hydrogen) atoms. The van der Waals surface area contributed by atoms with Crippen molar-refractivity contribution in [2.45, 2.75) is 18.4 Å². The highest BCUT2D eigenvalue weighted by atomic mass is 16.5. The second kappa shape index (κ2) is 6.89. The van der Waals surface area contributed by atoms with Crippen molar-refractivity contribution in [2.24, 2.45) is 4.99 Å². The molecule has 0 radical (unpaired) electrons. The van der Waals surface area contributed by atoms with Gasteiger partial charge in [0, 0.05) is 19.5 Å². The number of carbonyl (C=O) groups is 1. The third kappa shape index (κ3) is 2.92. The molecule has 1 fully saturated rings. The highest BCUT2D eigenvalue weighted by Crippen LogP contribution is 2.48. The summed E-state index contributed by atoms with van der Waals surface area (Å²) in [6.45, 7) is 1.23. The van der Waals surface area contributed by atoms with E-state index in [0.29, 0.717) is 19.5 Å². The number of ether oxygens (including phenoxy) is 1. The summed E-state index contributed by atoms with van der Waals surface area (Å²) in [7, 11) is 1.66. The van der Waals surface area contributed by atoms with Gasteiger partial charge in [-0.15, -0.1) is 0 Å². The number of nitrogens with zero attached hydrogens (tertiary/aromatic N) is 2. The molecule has 2 aliphatic rings. The van der Waals surface area contributed by atoms with E-state index in [-0.39, 0.29) is 11.3 Å². The van der Waals surface area contributed by atoms with Crippen LogP contribution in [0.5, 0.6) is 5.75 Å². The minimum Gasteiger partial charge on any atom is -0.497 e. The predicted octanol–water partition coefficient (Wildman–Crippen LogP) is 4.50. The molecule has 2 aliphatic heterocycles. The van der Waals surface area contributed by atoms with Crippen molar-refractivity contribution in [1.82, 2.24) is 4.90 Å². The van der Waals surface area contributed by atoms with Crippen molar-refractivity contribution >= 4 is 17.3 Å². The van der Waals surface area contributed by atoms with Gasteiger partial charge in [-0.3, -0.25) is 9.79 Å². The molecule has 0 bridgehead atoms. The number of carbonyl (C=O) groups excluding carboxylic acids is 1. The molecule has 1 atom stereocenters. The van der Waals surface area contributed by atoms with Crippen LogP contribution in [0.3, 0.4) is 0 Å². The van der Waals surface area contributed by atoms with Crippen LogP contribution in [0.15, 0.2) is 83.9 Å². The highest BCUT2D eigenvalue weighted by Gasteiger charge is 2.51. The fraction of sp³-hybridized carbons (Fsp3) is 0.200. The average Bonchev–Trinajstić information content (AvgIpc) is 3.26. The van der Waals surface area contributed by atoms with E-state index in [1.54, 1.807) is 7.11 Å². The Morgan fingerprint density at radius 1 is 0.966 bits per heavy atom. The maximum atomic E-state index is 13.1. The summed E-state index contributed by atoms with van der Waals surface area (Å²) in [5, 5.41) is 0. The molecule has 4 nitrogen and oxygen atoms in total. The van der Waals surface area contributed by atoms with Crippen molar-refractivity contribution in [3.63, 3.8) is 0 Å². The minimum absolute atomic E-state index is 0.168. The number of methoxy groups -OCH3 is 1. The van der Waals surface area contributed by atoms with Crippen LogP contribution in [0.1, 0.15) is 23.1 Å². The van der Waals surface area contributed by atoms with Gasteiger partial charge in [0.15, 0.2) is 0 Å². The highest BCUT2D eigenvalue weighted by molar-refractivity contribution is 6.15. The van der Waals surface area contributed by atoms with Crippen LogP contribution in [-0.4, -0.2) is 30.2 Å². The molecule has 0 aromatic heterocycles. The predicted molar refractivity (Wildman–Crippen MR) is 114 cm³/mol. The number of rotatable bonds is 4. The first-order valence-electron chi connectivity index (χ1n) is 9.84. The standard InChI is InChI=1S/C25H22N2O2/c1-29-20-13-11-18(12-14-20)16-27-17-25(15-23(27)28)21-9-5-6-10-22(21)26-24(25)19-7-3-2-4-8-19/h2-14H,15-17H2,1H3/t25-/m1/s1. The van der Waals surface area contributed by atoms with Gasteiger partial charge in [-0.2, -0.15) is 0 Å². The number of para-hydroxylation sites is 1. The Morgan fingerprint density at radius 3 is 2.45 bits per heavy atom. The van der Waals surface area contributed by atoms with E-state index in [1.165, 1.54) is 0 Å². The van der Waals surface area contributed by atoms with Crippen LogP contribution in [0.4, 0.5) is 5.69 Å². The van der Waals surface area contributed by atoms with Crippen molar-refractivity contribution < 1.29 is 9.53 Å². The van der Waals surface area contributed by atoms with Gasteiger partial charge in [-0.1, -0.05) is 60.7 Å². The Kier molecular flexibility index (Phi) is 4.20. The zero-order valence-corrected chi connectivity index (χ0v) is 16.3. The van der Waals surface area contributed by atoms with Crippen LogP contribution in [-0.2, 0) is 16.8 Å². The third-order valence-electron chi connectivity index (χ3n) is 5.95. The molecule has 0 aliphatic carbocycles. The topological polar surface area (TPSA) is 41.9 Å². The van der Waals surface area contributed by atoms with Gasteiger partial charge in [0.25, 0.3) is 0 Å². The number of aliphatic imine (C=N–C) groups is 1. The van der Waals surface area contributed by atoms with Gasteiger partial charge in [-0.05, 0) is 34.9 Å². The summed E-state index contributed by atoms with van der Waals surface area (Å²) in [6.07, 6.45) is 0.452. The number of likely N-dealkylation sites (tertiary alicyclic amines) is 1. The Hall–Kier alpha value is -3.40. The largest absolute Gasteiger partial charge is 0.497 e. The van der Waals surface area contributed by atoms with Crippen LogP contribution >= 0.6 is 0 Å². The molecule has 3 aromatic rings. The molecule has 1 amide bonds. The smallest absolute Gasteiger partial charge is 0.224 e. The molecule has 1 spiro atoms. The van der Waals surface area contributed by atoms with E-state index in [1.807, 2.05) is 65.6 Å². The summed E-state index contributed by atoms with van der Waals surface area (Å²) in [6, 6.07) is 26.4. The first-order valence-corrected chi connectivity index (χ1v) is 9.84. The van der Waals surface area contributed by atoms with E-state index in [4.69, 9.17) is 9.73 Å². The lowest BCUT2D eigenvalue weighted by Gasteiger charge is -2.27. The van der Waals surface area contributed by atoms with Crippen molar-refractivity contribution in [2.75, 3.05) is 13.7 Å². The number of amides is 1. The molecule has 0 saturated carbocycles. The molecule has 0 unspecified atom stereocenters. The fourth-order valence-corrected chi connectivity index (χ4v) is 4.54. The summed E-state index contributed by atoms with van der Waals surface area (Å²) >= 11 is 0. The summed E-state index contributed by atoms with van der Waals surface area (Å²) in [4.78, 5) is 20.0. The monoisotopic (exact) mass is 382 g/mol. The first kappa shape index (κ1) is 17.7. The number of hydrogen-bond acceptors (Lipinski definition) is 3. The molecular weight excluding hydrogens is 360 g/mol. The van der Waals surface area contributed by atoms with Crippen LogP contribution < -0.4 is 4.74 Å². The SMILES string of the molecule is COc1ccc(CN2C[C@@]3(CC2=O)C(c2ccccc2)=Nc2ccccc23)cc1. The summed E-state index contributed by atoms with van der Waals surface area (Å²) in [5.74, 6) is 0.988. The van der Waals surface area contributed by atoms with Gasteiger partial charge >= 0.3 is 0 Å². The van der Waals surface area contributed by atoms with Crippen LogP contribution in [0.2, 0.25) is 0 Å². The van der Waals surface area contributed by atoms with Crippen molar-refractivity contribution in [3.8, 4) is 5.75 Å². The lowest BCUT2D eigenvalue weighted by molar-refractivity contribution is -0.128. The van der Waals surface area contributed by atoms with Crippen molar-refractivity contribution in [3.05, 3.63) is 95.6 Å². The average molecular weight is 382 g/mol. The normalized spacial score (nSPS) is 20.1. The van der Waals surface area contributed by atoms with E-state index in [2.05, 4.69) is 18.2 Å². The minimum atomic E-state index is -0.387. The number of hydrogen-bond donors (Lipinski definition) is 0. The van der Waals surface area contributed by atoms with Crippen LogP contribution in [0.25, 0.3) is 0 Å². The fourth-order valence-electron chi connectivity index (χ4n) is 4.54. The Bertz CT molecular complexity index is 1090. The summed E-state index contributed by atoms with van der Waals surface area (Å²) < 4.78 is 5.24. The van der Waals surface area contributed by atoms with Gasteiger partial charge in [0.1, 0.15) is 5.75 Å². The number of benzene rings is 3. The Morgan fingerprint density at radius 2 is 1.69 bits per heavy atom. The molecule has 1 saturated heterocycles. The van der Waals surface area contributed by atoms with Gasteiger partial charge in [0.05, 0.1) is 23.9 Å². The maximum Gasteiger partial charge on any atom is 0.224 e. The molecule has 0 N–H and O–H groups in total. The first-order chi connectivity index (χ1) is 14.2. The van der Waals surface area contributed by atoms with E-state index in [9.17, 15) is 4.79 Å². The summed E-state index contributed by atoms with van der Waals surface area (Å²) in [5.41, 5.74) is 4.94. The second-order valence-electron chi connectivity index (χ2n) is 7.70. The number of fused-ring (bicyclic) bond motifs is 2. The quantitative estimate of drug-likeness (QED) is 0.667. The zero-order valence-electron chi connectivity index (χ0n) is 16.3. The lowest BCUT2D eigenvalue weighted by atomic mass is 9.74. The third-order valence-corrected chi connectivity index (χ3v) is 5.95. The molecule has 144 valence electrons. The van der Waals surface area contributed by atoms with Crippen LogP contribution in [0, 0.1) is 0 Å². The van der Waals surface area contributed by atoms with E-state index >= 15 is 0 Å². The Labute approximate surface area is 170 Å². The van der Waals surface area contributed by atoms with E-state index in [0.717, 1.165) is 33.8 Å². The molecule has 4 heteroatoms. The van der Waals surface area contributed by atoms with E-state index < -0.39 is 0 Å².